The molecule has 1 N–H and O–H groups in total. The van der Waals surface area contributed by atoms with Crippen molar-refractivity contribution in [3.63, 3.8) is 0 Å². The van der Waals surface area contributed by atoms with E-state index in [2.05, 4.69) is 10.4 Å². The van der Waals surface area contributed by atoms with Crippen LogP contribution in [-0.4, -0.2) is 48.5 Å². The van der Waals surface area contributed by atoms with Gasteiger partial charge < -0.3 is 10.2 Å². The fourth-order valence-electron chi connectivity index (χ4n) is 3.92. The molecule has 1 aliphatic rings. The molecule has 1 aromatic heterocycles. The van der Waals surface area contributed by atoms with Crippen LogP contribution < -0.4 is 5.32 Å². The second-order valence-corrected chi connectivity index (χ2v) is 10.5. The number of benzene rings is 2. The minimum Gasteiger partial charge on any atom is -0.325 e. The number of carbonyl (C=O) groups excluding carboxylic acids is 1. The minimum absolute atomic E-state index is 0.188. The highest BCUT2D eigenvalue weighted by Gasteiger charge is 2.25. The number of halogens is 1. The van der Waals surface area contributed by atoms with Gasteiger partial charge in [-0.05, 0) is 59.9 Å². The Morgan fingerprint density at radius 3 is 2.38 bits per heavy atom. The van der Waals surface area contributed by atoms with Crippen LogP contribution in [0.4, 0.5) is 4.79 Å². The molecule has 7 nitrogen and oxygen atoms in total. The van der Waals surface area contributed by atoms with E-state index < -0.39 is 15.9 Å². The maximum atomic E-state index is 13.2. The Hall–Kier alpha value is -2.84. The molecule has 32 heavy (non-hydrogen) atoms. The van der Waals surface area contributed by atoms with Crippen molar-refractivity contribution in [3.05, 3.63) is 82.1 Å². The third-order valence-electron chi connectivity index (χ3n) is 5.70. The number of fused-ring (bicyclic) bond motifs is 1. The Bertz CT molecular complexity index is 1240. The van der Waals surface area contributed by atoms with Crippen molar-refractivity contribution in [3.8, 4) is 0 Å². The summed E-state index contributed by atoms with van der Waals surface area (Å²) in [4.78, 5) is 15.3. The molecule has 1 aliphatic heterocycles. The number of carbonyl (C=O) groups is 1. The summed E-state index contributed by atoms with van der Waals surface area (Å²) in [7, 11) is -1.43. The van der Waals surface area contributed by atoms with Crippen molar-refractivity contribution < 1.29 is 13.2 Å². The topological polar surface area (TPSA) is 84.3 Å². The fraction of sp³-hybridized carbons (Fsp3) is 0.304. The second-order valence-electron chi connectivity index (χ2n) is 8.04. The number of amides is 2. The standard InChI is InChI=1S/C23H25ClN4O3S/c1-27-12-11-21(26-27)22(17-3-6-19(24)7-4-17)25-23(29)28-13-9-16-5-8-20(32(2,30)31)15-18(16)10-14-28/h3-8,11-12,15,22H,9-10,13-14H2,1-2H3,(H,25,29). The van der Waals surface area contributed by atoms with E-state index in [0.29, 0.717) is 35.8 Å². The van der Waals surface area contributed by atoms with Gasteiger partial charge in [0.05, 0.1) is 10.6 Å². The Morgan fingerprint density at radius 1 is 1.06 bits per heavy atom. The molecule has 0 fully saturated rings. The van der Waals surface area contributed by atoms with Gasteiger partial charge in [-0.2, -0.15) is 5.10 Å². The molecule has 1 unspecified atom stereocenters. The number of aryl methyl sites for hydroxylation is 1. The van der Waals surface area contributed by atoms with Crippen molar-refractivity contribution in [2.75, 3.05) is 19.3 Å². The smallest absolute Gasteiger partial charge is 0.318 e. The summed E-state index contributed by atoms with van der Waals surface area (Å²) in [6, 6.07) is 13.9. The van der Waals surface area contributed by atoms with E-state index in [9.17, 15) is 13.2 Å². The summed E-state index contributed by atoms with van der Waals surface area (Å²) in [6.07, 6.45) is 4.31. The first kappa shape index (κ1) is 22.4. The molecule has 0 radical (unpaired) electrons. The third-order valence-corrected chi connectivity index (χ3v) is 7.06. The number of aromatic nitrogens is 2. The maximum Gasteiger partial charge on any atom is 0.318 e. The van der Waals surface area contributed by atoms with E-state index in [1.165, 1.54) is 6.26 Å². The third kappa shape index (κ3) is 4.97. The SMILES string of the molecule is Cn1ccc(C(NC(=O)N2CCc3ccc(S(C)(=O)=O)cc3CC2)c2ccc(Cl)cc2)n1. The van der Waals surface area contributed by atoms with E-state index in [1.807, 2.05) is 37.5 Å². The minimum atomic E-state index is -3.27. The Morgan fingerprint density at radius 2 is 1.75 bits per heavy atom. The lowest BCUT2D eigenvalue weighted by Crippen LogP contribution is -2.43. The van der Waals surface area contributed by atoms with Gasteiger partial charge in [0.25, 0.3) is 0 Å². The normalized spacial score (nSPS) is 15.0. The molecule has 168 valence electrons. The molecule has 9 heteroatoms. The van der Waals surface area contributed by atoms with Crippen LogP contribution in [-0.2, 0) is 29.7 Å². The molecule has 0 saturated carbocycles. The molecule has 1 atom stereocenters. The average molecular weight is 473 g/mol. The van der Waals surface area contributed by atoms with Crippen LogP contribution >= 0.6 is 11.6 Å². The van der Waals surface area contributed by atoms with Crippen molar-refractivity contribution in [1.29, 1.82) is 0 Å². The van der Waals surface area contributed by atoms with Crippen molar-refractivity contribution in [2.45, 2.75) is 23.8 Å². The van der Waals surface area contributed by atoms with Gasteiger partial charge in [-0.3, -0.25) is 4.68 Å². The first-order valence-corrected chi connectivity index (χ1v) is 12.6. The van der Waals surface area contributed by atoms with Gasteiger partial charge in [0, 0.05) is 37.6 Å². The lowest BCUT2D eigenvalue weighted by atomic mass is 10.0. The van der Waals surface area contributed by atoms with Gasteiger partial charge in [0.1, 0.15) is 6.04 Å². The van der Waals surface area contributed by atoms with Gasteiger partial charge in [-0.25, -0.2) is 13.2 Å². The van der Waals surface area contributed by atoms with Crippen LogP contribution in [0.25, 0.3) is 0 Å². The van der Waals surface area contributed by atoms with Gasteiger partial charge in [-0.1, -0.05) is 29.8 Å². The van der Waals surface area contributed by atoms with Crippen molar-refractivity contribution in [2.24, 2.45) is 7.05 Å². The number of sulfone groups is 1. The van der Waals surface area contributed by atoms with Gasteiger partial charge >= 0.3 is 6.03 Å². The summed E-state index contributed by atoms with van der Waals surface area (Å²) >= 11 is 6.04. The molecule has 0 spiro atoms. The summed E-state index contributed by atoms with van der Waals surface area (Å²) in [5, 5.41) is 8.22. The number of hydrogen-bond donors (Lipinski definition) is 1. The number of nitrogens with one attached hydrogen (secondary N) is 1. The van der Waals surface area contributed by atoms with Crippen LogP contribution in [0.1, 0.15) is 28.4 Å². The van der Waals surface area contributed by atoms with Gasteiger partial charge in [-0.15, -0.1) is 0 Å². The van der Waals surface area contributed by atoms with E-state index in [4.69, 9.17) is 11.6 Å². The summed E-state index contributed by atoms with van der Waals surface area (Å²) < 4.78 is 25.5. The quantitative estimate of drug-likeness (QED) is 0.631. The Kier molecular flexibility index (Phi) is 6.26. The predicted molar refractivity (Wildman–Crippen MR) is 124 cm³/mol. The monoisotopic (exact) mass is 472 g/mol. The van der Waals surface area contributed by atoms with Crippen LogP contribution in [0.2, 0.25) is 5.02 Å². The highest BCUT2D eigenvalue weighted by molar-refractivity contribution is 7.90. The Labute approximate surface area is 192 Å². The van der Waals surface area contributed by atoms with Crippen molar-refractivity contribution in [1.82, 2.24) is 20.0 Å². The van der Waals surface area contributed by atoms with Crippen LogP contribution in [0.5, 0.6) is 0 Å². The average Bonchev–Trinajstić information content (AvgIpc) is 3.06. The van der Waals surface area contributed by atoms with Gasteiger partial charge in [0.2, 0.25) is 0 Å². The van der Waals surface area contributed by atoms with Crippen LogP contribution in [0, 0.1) is 0 Å². The Balaban J connectivity index is 1.53. The molecule has 0 bridgehead atoms. The van der Waals surface area contributed by atoms with E-state index >= 15 is 0 Å². The van der Waals surface area contributed by atoms with Crippen LogP contribution in [0.15, 0.2) is 59.6 Å². The summed E-state index contributed by atoms with van der Waals surface area (Å²) in [5.41, 5.74) is 3.67. The van der Waals surface area contributed by atoms with Crippen molar-refractivity contribution >= 4 is 27.5 Å². The maximum absolute atomic E-state index is 13.2. The largest absolute Gasteiger partial charge is 0.325 e. The zero-order valence-electron chi connectivity index (χ0n) is 18.0. The van der Waals surface area contributed by atoms with E-state index in [0.717, 1.165) is 22.4 Å². The number of urea groups is 1. The van der Waals surface area contributed by atoms with E-state index in [1.54, 1.807) is 33.8 Å². The first-order valence-electron chi connectivity index (χ1n) is 10.3. The molecule has 2 amide bonds. The zero-order chi connectivity index (χ0) is 22.9. The van der Waals surface area contributed by atoms with Crippen LogP contribution in [0.3, 0.4) is 0 Å². The highest BCUT2D eigenvalue weighted by Crippen LogP contribution is 2.24. The first-order chi connectivity index (χ1) is 15.2. The molecule has 3 aromatic rings. The second kappa shape index (κ2) is 8.96. The molecular formula is C23H25ClN4O3S. The summed E-state index contributed by atoms with van der Waals surface area (Å²) in [6.45, 7) is 1.05. The molecule has 2 aromatic carbocycles. The molecule has 4 rings (SSSR count). The zero-order valence-corrected chi connectivity index (χ0v) is 19.5. The number of nitrogens with zero attached hydrogens (tertiary/aromatic N) is 3. The number of rotatable bonds is 4. The highest BCUT2D eigenvalue weighted by atomic mass is 35.5. The molecule has 0 saturated heterocycles. The lowest BCUT2D eigenvalue weighted by Gasteiger charge is -2.25. The number of hydrogen-bond acceptors (Lipinski definition) is 4. The summed E-state index contributed by atoms with van der Waals surface area (Å²) in [5.74, 6) is 0. The molecule has 2 heterocycles. The fourth-order valence-corrected chi connectivity index (χ4v) is 4.72. The van der Waals surface area contributed by atoms with Gasteiger partial charge in [0.15, 0.2) is 9.84 Å². The predicted octanol–water partition coefficient (Wildman–Crippen LogP) is 3.38. The lowest BCUT2D eigenvalue weighted by molar-refractivity contribution is 0.197. The molecular weight excluding hydrogens is 448 g/mol. The molecule has 0 aliphatic carbocycles. The van der Waals surface area contributed by atoms with E-state index in [-0.39, 0.29) is 6.03 Å².